The summed E-state index contributed by atoms with van der Waals surface area (Å²) in [6, 6.07) is 15.4. The molecule has 0 aliphatic rings. The van der Waals surface area contributed by atoms with Gasteiger partial charge < -0.3 is 10.4 Å². The van der Waals surface area contributed by atoms with Crippen molar-refractivity contribution < 1.29 is 5.11 Å². The van der Waals surface area contributed by atoms with Gasteiger partial charge in [-0.05, 0) is 37.6 Å². The number of pyridine rings is 1. The highest BCUT2D eigenvalue weighted by Crippen LogP contribution is 2.29. The number of hydrogen-bond donors (Lipinski definition) is 2. The molecule has 1 heterocycles. The number of phenols is 1. The Bertz CT molecular complexity index is 781. The number of nitrogens with one attached hydrogen (secondary N) is 1. The number of aromatic hydroxyl groups is 1. The zero-order chi connectivity index (χ0) is 14.1. The first-order valence-electron chi connectivity index (χ1n) is 6.57. The molecule has 0 saturated heterocycles. The van der Waals surface area contributed by atoms with Crippen LogP contribution in [0.5, 0.6) is 5.75 Å². The summed E-state index contributed by atoms with van der Waals surface area (Å²) in [6.07, 6.45) is 0. The van der Waals surface area contributed by atoms with Crippen LogP contribution in [0, 0.1) is 13.8 Å². The van der Waals surface area contributed by atoms with Crippen LogP contribution in [0.3, 0.4) is 0 Å². The number of aryl methyl sites for hydroxylation is 2. The monoisotopic (exact) mass is 264 g/mol. The molecule has 0 radical (unpaired) electrons. The molecular formula is C17H16N2O. The average molecular weight is 264 g/mol. The van der Waals surface area contributed by atoms with Gasteiger partial charge in [0.2, 0.25) is 0 Å². The lowest BCUT2D eigenvalue weighted by atomic mass is 10.1. The summed E-state index contributed by atoms with van der Waals surface area (Å²) in [5.41, 5.74) is 4.69. The van der Waals surface area contributed by atoms with Crippen molar-refractivity contribution in [2.75, 3.05) is 5.32 Å². The standard InChI is InChI=1S/C17H16N2O/c1-11-6-5-7-13-10-15(12(2)18-17(11)13)19-14-8-3-4-9-16(14)20/h3-10,19-20H,1-2H3. The molecule has 0 bridgehead atoms. The fraction of sp³-hybridized carbons (Fsp3) is 0.118. The fourth-order valence-corrected chi connectivity index (χ4v) is 2.29. The minimum Gasteiger partial charge on any atom is -0.506 e. The quantitative estimate of drug-likeness (QED) is 0.678. The third-order valence-electron chi connectivity index (χ3n) is 3.41. The minimum atomic E-state index is 0.233. The third-order valence-corrected chi connectivity index (χ3v) is 3.41. The lowest BCUT2D eigenvalue weighted by molar-refractivity contribution is 0.478. The van der Waals surface area contributed by atoms with Crippen LogP contribution < -0.4 is 5.32 Å². The second-order valence-electron chi connectivity index (χ2n) is 4.91. The molecule has 0 spiro atoms. The predicted octanol–water partition coefficient (Wildman–Crippen LogP) is 4.30. The van der Waals surface area contributed by atoms with Gasteiger partial charge in [0.1, 0.15) is 5.75 Å². The first-order valence-corrected chi connectivity index (χ1v) is 6.57. The molecule has 3 heteroatoms. The van der Waals surface area contributed by atoms with Gasteiger partial charge in [-0.3, -0.25) is 4.98 Å². The van der Waals surface area contributed by atoms with E-state index < -0.39 is 0 Å². The molecular weight excluding hydrogens is 248 g/mol. The third kappa shape index (κ3) is 2.18. The van der Waals surface area contributed by atoms with Crippen LogP contribution in [0.15, 0.2) is 48.5 Å². The molecule has 0 amide bonds. The second kappa shape index (κ2) is 4.85. The van der Waals surface area contributed by atoms with Crippen LogP contribution >= 0.6 is 0 Å². The normalized spacial score (nSPS) is 10.7. The van der Waals surface area contributed by atoms with Crippen LogP contribution in [0.1, 0.15) is 11.3 Å². The largest absolute Gasteiger partial charge is 0.506 e. The van der Waals surface area contributed by atoms with Crippen molar-refractivity contribution in [2.24, 2.45) is 0 Å². The van der Waals surface area contributed by atoms with Crippen LogP contribution in [-0.2, 0) is 0 Å². The SMILES string of the molecule is Cc1nc2c(C)cccc2cc1Nc1ccccc1O. The molecule has 100 valence electrons. The number of aromatic nitrogens is 1. The topological polar surface area (TPSA) is 45.2 Å². The van der Waals surface area contributed by atoms with E-state index in [0.717, 1.165) is 22.3 Å². The summed E-state index contributed by atoms with van der Waals surface area (Å²) in [5.74, 6) is 0.233. The van der Waals surface area contributed by atoms with Gasteiger partial charge in [0.05, 0.1) is 22.6 Å². The Balaban J connectivity index is 2.08. The Morgan fingerprint density at radius 2 is 1.75 bits per heavy atom. The molecule has 0 saturated carbocycles. The van der Waals surface area contributed by atoms with E-state index in [1.54, 1.807) is 12.1 Å². The molecule has 0 aliphatic carbocycles. The van der Waals surface area contributed by atoms with Crippen molar-refractivity contribution in [1.82, 2.24) is 4.98 Å². The summed E-state index contributed by atoms with van der Waals surface area (Å²) < 4.78 is 0. The summed E-state index contributed by atoms with van der Waals surface area (Å²) in [7, 11) is 0. The maximum Gasteiger partial charge on any atom is 0.139 e. The van der Waals surface area contributed by atoms with Gasteiger partial charge in [-0.2, -0.15) is 0 Å². The molecule has 3 nitrogen and oxygen atoms in total. The fourth-order valence-electron chi connectivity index (χ4n) is 2.29. The van der Waals surface area contributed by atoms with Gasteiger partial charge in [-0.15, -0.1) is 0 Å². The number of benzene rings is 2. The van der Waals surface area contributed by atoms with E-state index in [2.05, 4.69) is 29.4 Å². The first kappa shape index (κ1) is 12.5. The van der Waals surface area contributed by atoms with Gasteiger partial charge in [0, 0.05) is 5.39 Å². The van der Waals surface area contributed by atoms with Gasteiger partial charge in [0.25, 0.3) is 0 Å². The van der Waals surface area contributed by atoms with Crippen molar-refractivity contribution in [3.63, 3.8) is 0 Å². The summed E-state index contributed by atoms with van der Waals surface area (Å²) in [4.78, 5) is 4.66. The van der Waals surface area contributed by atoms with E-state index in [1.807, 2.05) is 31.2 Å². The van der Waals surface area contributed by atoms with E-state index >= 15 is 0 Å². The Hall–Kier alpha value is -2.55. The molecule has 20 heavy (non-hydrogen) atoms. The van der Waals surface area contributed by atoms with E-state index in [9.17, 15) is 5.11 Å². The number of rotatable bonds is 2. The molecule has 3 aromatic rings. The average Bonchev–Trinajstić information content (AvgIpc) is 2.43. The lowest BCUT2D eigenvalue weighted by Crippen LogP contribution is -1.97. The molecule has 0 unspecified atom stereocenters. The highest BCUT2D eigenvalue weighted by molar-refractivity contribution is 5.86. The Morgan fingerprint density at radius 1 is 0.950 bits per heavy atom. The molecule has 2 N–H and O–H groups in total. The Labute approximate surface area is 117 Å². The van der Waals surface area contributed by atoms with E-state index in [4.69, 9.17) is 0 Å². The molecule has 1 aromatic heterocycles. The second-order valence-corrected chi connectivity index (χ2v) is 4.91. The van der Waals surface area contributed by atoms with Crippen LogP contribution in [0.2, 0.25) is 0 Å². The van der Waals surface area contributed by atoms with Crippen molar-refractivity contribution >= 4 is 22.3 Å². The molecule has 2 aromatic carbocycles. The highest BCUT2D eigenvalue weighted by Gasteiger charge is 2.07. The molecule has 3 rings (SSSR count). The summed E-state index contributed by atoms with van der Waals surface area (Å²) >= 11 is 0. The number of phenolic OH excluding ortho intramolecular Hbond substituents is 1. The number of nitrogens with zero attached hydrogens (tertiary/aromatic N) is 1. The van der Waals surface area contributed by atoms with Crippen molar-refractivity contribution in [3.8, 4) is 5.75 Å². The first-order chi connectivity index (χ1) is 9.65. The molecule has 0 fully saturated rings. The van der Waals surface area contributed by atoms with Crippen LogP contribution in [0.4, 0.5) is 11.4 Å². The van der Waals surface area contributed by atoms with Crippen LogP contribution in [-0.4, -0.2) is 10.1 Å². The Kier molecular flexibility index (Phi) is 3.03. The van der Waals surface area contributed by atoms with Crippen LogP contribution in [0.25, 0.3) is 10.9 Å². The Morgan fingerprint density at radius 3 is 2.55 bits per heavy atom. The maximum atomic E-state index is 9.84. The number of fused-ring (bicyclic) bond motifs is 1. The van der Waals surface area contributed by atoms with Gasteiger partial charge in [-0.25, -0.2) is 0 Å². The smallest absolute Gasteiger partial charge is 0.139 e. The summed E-state index contributed by atoms with van der Waals surface area (Å²) in [6.45, 7) is 4.03. The van der Waals surface area contributed by atoms with Crippen molar-refractivity contribution in [1.29, 1.82) is 0 Å². The zero-order valence-corrected chi connectivity index (χ0v) is 11.5. The number of para-hydroxylation sites is 3. The molecule has 0 aliphatic heterocycles. The number of hydrogen-bond acceptors (Lipinski definition) is 3. The molecule has 0 atom stereocenters. The zero-order valence-electron chi connectivity index (χ0n) is 11.5. The van der Waals surface area contributed by atoms with Crippen molar-refractivity contribution in [2.45, 2.75) is 13.8 Å². The van der Waals surface area contributed by atoms with Gasteiger partial charge >= 0.3 is 0 Å². The highest BCUT2D eigenvalue weighted by atomic mass is 16.3. The van der Waals surface area contributed by atoms with E-state index in [0.29, 0.717) is 5.69 Å². The van der Waals surface area contributed by atoms with Gasteiger partial charge in [-0.1, -0.05) is 30.3 Å². The predicted molar refractivity (Wildman–Crippen MR) is 82.6 cm³/mol. The lowest BCUT2D eigenvalue weighted by Gasteiger charge is -2.12. The number of anilines is 2. The van der Waals surface area contributed by atoms with E-state index in [-0.39, 0.29) is 5.75 Å². The van der Waals surface area contributed by atoms with Crippen molar-refractivity contribution in [3.05, 3.63) is 59.8 Å². The maximum absolute atomic E-state index is 9.84. The minimum absolute atomic E-state index is 0.233. The van der Waals surface area contributed by atoms with E-state index in [1.165, 1.54) is 5.56 Å². The van der Waals surface area contributed by atoms with Gasteiger partial charge in [0.15, 0.2) is 0 Å². The summed E-state index contributed by atoms with van der Waals surface area (Å²) in [5, 5.41) is 14.2.